The number of aryl methyl sites for hydroxylation is 1. The average Bonchev–Trinajstić information content (AvgIpc) is 2.97. The lowest BCUT2D eigenvalue weighted by molar-refractivity contribution is -0.144. The van der Waals surface area contributed by atoms with Crippen molar-refractivity contribution in [2.75, 3.05) is 0 Å². The summed E-state index contributed by atoms with van der Waals surface area (Å²) in [5, 5.41) is 16.1. The minimum Gasteiger partial charge on any atom is -0.480 e. The molecule has 1 aromatic carbocycles. The van der Waals surface area contributed by atoms with E-state index in [1.165, 1.54) is 13.1 Å². The molecule has 0 aliphatic carbocycles. The molecule has 0 saturated carbocycles. The molecule has 0 spiro atoms. The van der Waals surface area contributed by atoms with E-state index < -0.39 is 17.4 Å². The van der Waals surface area contributed by atoms with Gasteiger partial charge in [-0.15, -0.1) is 0 Å². The molecular formula is C17H21N3O3. The molecule has 2 N–H and O–H groups in total. The number of hydrogen-bond acceptors (Lipinski definition) is 3. The zero-order valence-electron chi connectivity index (χ0n) is 13.5. The van der Waals surface area contributed by atoms with Gasteiger partial charge in [-0.25, -0.2) is 9.48 Å². The van der Waals surface area contributed by atoms with E-state index >= 15 is 0 Å². The van der Waals surface area contributed by atoms with Crippen molar-refractivity contribution in [3.8, 4) is 5.69 Å². The third kappa shape index (κ3) is 3.59. The highest BCUT2D eigenvalue weighted by Gasteiger charge is 2.34. The molecule has 122 valence electrons. The SMILES string of the molecule is CCC[C@](C)(NC(=O)c1cnn(-c2ccccc2C)c1)C(=O)O. The molecule has 0 aliphatic rings. The molecule has 6 nitrogen and oxygen atoms in total. The van der Waals surface area contributed by atoms with Crippen molar-refractivity contribution in [1.29, 1.82) is 0 Å². The summed E-state index contributed by atoms with van der Waals surface area (Å²) in [4.78, 5) is 23.8. The molecule has 1 aromatic heterocycles. The molecule has 2 rings (SSSR count). The fourth-order valence-electron chi connectivity index (χ4n) is 2.44. The Labute approximate surface area is 135 Å². The zero-order valence-corrected chi connectivity index (χ0v) is 13.5. The van der Waals surface area contributed by atoms with Gasteiger partial charge in [0.25, 0.3) is 5.91 Å². The number of carbonyl (C=O) groups is 2. The van der Waals surface area contributed by atoms with E-state index in [1.54, 1.807) is 10.9 Å². The van der Waals surface area contributed by atoms with Crippen LogP contribution in [0.4, 0.5) is 0 Å². The summed E-state index contributed by atoms with van der Waals surface area (Å²) in [5.74, 6) is -1.48. The van der Waals surface area contributed by atoms with Gasteiger partial charge in [0.2, 0.25) is 0 Å². The summed E-state index contributed by atoms with van der Waals surface area (Å²) in [5.41, 5.74) is 0.957. The van der Waals surface area contributed by atoms with Crippen LogP contribution in [0.2, 0.25) is 0 Å². The van der Waals surface area contributed by atoms with Crippen LogP contribution in [0, 0.1) is 6.92 Å². The molecule has 0 radical (unpaired) electrons. The first-order valence-electron chi connectivity index (χ1n) is 7.54. The molecule has 0 aliphatic heterocycles. The summed E-state index contributed by atoms with van der Waals surface area (Å²) in [6.07, 6.45) is 4.06. The maximum Gasteiger partial charge on any atom is 0.329 e. The van der Waals surface area contributed by atoms with Crippen molar-refractivity contribution >= 4 is 11.9 Å². The standard InChI is InChI=1S/C17H21N3O3/c1-4-9-17(3,16(22)23)19-15(21)13-10-18-20(11-13)14-8-6-5-7-12(14)2/h5-8,10-11H,4,9H2,1-3H3,(H,19,21)(H,22,23)/t17-/m0/s1. The van der Waals surface area contributed by atoms with Crippen LogP contribution in [0.5, 0.6) is 0 Å². The fourth-order valence-corrected chi connectivity index (χ4v) is 2.44. The second-order valence-corrected chi connectivity index (χ2v) is 5.80. The van der Waals surface area contributed by atoms with E-state index in [4.69, 9.17) is 0 Å². The molecule has 2 aromatic rings. The lowest BCUT2D eigenvalue weighted by Gasteiger charge is -2.25. The van der Waals surface area contributed by atoms with Crippen LogP contribution in [0.1, 0.15) is 42.6 Å². The summed E-state index contributed by atoms with van der Waals surface area (Å²) < 4.78 is 1.61. The molecule has 1 atom stereocenters. The van der Waals surface area contributed by atoms with Crippen LogP contribution in [0.15, 0.2) is 36.7 Å². The molecule has 0 bridgehead atoms. The van der Waals surface area contributed by atoms with Gasteiger partial charge in [-0.3, -0.25) is 4.79 Å². The highest BCUT2D eigenvalue weighted by molar-refractivity contribution is 5.97. The number of amides is 1. The monoisotopic (exact) mass is 315 g/mol. The normalized spacial score (nSPS) is 13.3. The summed E-state index contributed by atoms with van der Waals surface area (Å²) in [7, 11) is 0. The van der Waals surface area contributed by atoms with Crippen LogP contribution in [0.25, 0.3) is 5.69 Å². The largest absolute Gasteiger partial charge is 0.480 e. The second kappa shape index (κ2) is 6.64. The van der Waals surface area contributed by atoms with Crippen molar-refractivity contribution in [1.82, 2.24) is 15.1 Å². The molecular weight excluding hydrogens is 294 g/mol. The first-order chi connectivity index (χ1) is 10.9. The van der Waals surface area contributed by atoms with Gasteiger partial charge in [-0.2, -0.15) is 5.10 Å². The number of nitrogens with one attached hydrogen (secondary N) is 1. The Bertz CT molecular complexity index is 723. The molecule has 1 heterocycles. The predicted octanol–water partition coefficient (Wildman–Crippen LogP) is 2.55. The minimum absolute atomic E-state index is 0.330. The van der Waals surface area contributed by atoms with E-state index in [-0.39, 0.29) is 0 Å². The van der Waals surface area contributed by atoms with Gasteiger partial charge in [0, 0.05) is 6.20 Å². The number of benzene rings is 1. The Morgan fingerprint density at radius 2 is 2.04 bits per heavy atom. The number of para-hydroxylation sites is 1. The minimum atomic E-state index is -1.28. The van der Waals surface area contributed by atoms with Crippen LogP contribution >= 0.6 is 0 Å². The van der Waals surface area contributed by atoms with E-state index in [9.17, 15) is 14.7 Å². The predicted molar refractivity (Wildman–Crippen MR) is 86.7 cm³/mol. The van der Waals surface area contributed by atoms with Gasteiger partial charge in [0.1, 0.15) is 5.54 Å². The number of hydrogen-bond donors (Lipinski definition) is 2. The highest BCUT2D eigenvalue weighted by Crippen LogP contribution is 2.16. The third-order valence-corrected chi connectivity index (χ3v) is 3.82. The molecule has 1 amide bonds. The van der Waals surface area contributed by atoms with Gasteiger partial charge in [0.15, 0.2) is 0 Å². The van der Waals surface area contributed by atoms with Crippen LogP contribution < -0.4 is 5.32 Å². The lowest BCUT2D eigenvalue weighted by atomic mass is 9.96. The molecule has 0 fully saturated rings. The van der Waals surface area contributed by atoms with Crippen molar-refractivity contribution in [3.05, 3.63) is 47.8 Å². The average molecular weight is 315 g/mol. The Kier molecular flexibility index (Phi) is 4.83. The number of rotatable bonds is 6. The van der Waals surface area contributed by atoms with Crippen LogP contribution in [-0.2, 0) is 4.79 Å². The summed E-state index contributed by atoms with van der Waals surface area (Å²) in [6.45, 7) is 5.35. The topological polar surface area (TPSA) is 84.2 Å². The Morgan fingerprint density at radius 1 is 1.35 bits per heavy atom. The van der Waals surface area contributed by atoms with Gasteiger partial charge < -0.3 is 10.4 Å². The van der Waals surface area contributed by atoms with E-state index in [0.29, 0.717) is 18.4 Å². The second-order valence-electron chi connectivity index (χ2n) is 5.80. The maximum absolute atomic E-state index is 12.3. The van der Waals surface area contributed by atoms with Crippen LogP contribution in [-0.4, -0.2) is 32.3 Å². The maximum atomic E-state index is 12.3. The highest BCUT2D eigenvalue weighted by atomic mass is 16.4. The van der Waals surface area contributed by atoms with Crippen molar-refractivity contribution < 1.29 is 14.7 Å². The van der Waals surface area contributed by atoms with Crippen LogP contribution in [0.3, 0.4) is 0 Å². The van der Waals surface area contributed by atoms with Crippen molar-refractivity contribution in [2.24, 2.45) is 0 Å². The molecule has 6 heteroatoms. The number of carbonyl (C=O) groups excluding carboxylic acids is 1. The van der Waals surface area contributed by atoms with Gasteiger partial charge in [0.05, 0.1) is 17.4 Å². The fraction of sp³-hybridized carbons (Fsp3) is 0.353. The lowest BCUT2D eigenvalue weighted by Crippen LogP contribution is -2.52. The number of aromatic nitrogens is 2. The Hall–Kier alpha value is -2.63. The van der Waals surface area contributed by atoms with E-state index in [1.807, 2.05) is 38.1 Å². The molecule has 23 heavy (non-hydrogen) atoms. The summed E-state index contributed by atoms with van der Waals surface area (Å²) >= 11 is 0. The van der Waals surface area contributed by atoms with Gasteiger partial charge in [-0.05, 0) is 31.9 Å². The number of aliphatic carboxylic acids is 1. The van der Waals surface area contributed by atoms with Gasteiger partial charge >= 0.3 is 5.97 Å². The third-order valence-electron chi connectivity index (χ3n) is 3.82. The summed E-state index contributed by atoms with van der Waals surface area (Å²) in [6, 6.07) is 7.69. The van der Waals surface area contributed by atoms with Crippen molar-refractivity contribution in [3.63, 3.8) is 0 Å². The Balaban J connectivity index is 2.22. The van der Waals surface area contributed by atoms with E-state index in [0.717, 1.165) is 11.3 Å². The number of carboxylic acids is 1. The number of nitrogens with zero attached hydrogens (tertiary/aromatic N) is 2. The Morgan fingerprint density at radius 3 is 2.65 bits per heavy atom. The molecule has 0 saturated heterocycles. The first-order valence-corrected chi connectivity index (χ1v) is 7.54. The van der Waals surface area contributed by atoms with Gasteiger partial charge in [-0.1, -0.05) is 31.5 Å². The van der Waals surface area contributed by atoms with E-state index in [2.05, 4.69) is 10.4 Å². The zero-order chi connectivity index (χ0) is 17.0. The molecule has 0 unspecified atom stereocenters. The number of carboxylic acid groups (broad SMARTS) is 1. The quantitative estimate of drug-likeness (QED) is 0.858. The first kappa shape index (κ1) is 16.7. The smallest absolute Gasteiger partial charge is 0.329 e. The van der Waals surface area contributed by atoms with Crippen molar-refractivity contribution in [2.45, 2.75) is 39.2 Å².